The highest BCUT2D eigenvalue weighted by Gasteiger charge is 2.44. The largest absolute Gasteiger partial charge is 0.449 e. The van der Waals surface area contributed by atoms with Gasteiger partial charge in [0, 0.05) is 25.7 Å². The molecule has 16 heavy (non-hydrogen) atoms. The molecule has 0 spiro atoms. The Balaban J connectivity index is 1.88. The van der Waals surface area contributed by atoms with Crippen LogP contribution in [-0.2, 0) is 4.74 Å². The van der Waals surface area contributed by atoms with E-state index < -0.39 is 0 Å². The van der Waals surface area contributed by atoms with Crippen molar-refractivity contribution in [1.82, 2.24) is 10.2 Å². The lowest BCUT2D eigenvalue weighted by Gasteiger charge is -2.24. The van der Waals surface area contributed by atoms with Crippen molar-refractivity contribution < 1.29 is 9.53 Å². The van der Waals surface area contributed by atoms with Crippen LogP contribution in [0.3, 0.4) is 0 Å². The molecule has 0 aromatic rings. The summed E-state index contributed by atoms with van der Waals surface area (Å²) in [6.07, 6.45) is -0.129. The first-order chi connectivity index (χ1) is 7.59. The molecule has 2 heterocycles. The lowest BCUT2D eigenvalue weighted by Crippen LogP contribution is -2.38. The molecule has 2 aliphatic rings. The van der Waals surface area contributed by atoms with Gasteiger partial charge in [-0.05, 0) is 24.7 Å². The molecular formula is C12H22N2O2. The summed E-state index contributed by atoms with van der Waals surface area (Å²) >= 11 is 0. The lowest BCUT2D eigenvalue weighted by atomic mass is 9.95. The van der Waals surface area contributed by atoms with Gasteiger partial charge in [0.1, 0.15) is 0 Å². The second kappa shape index (κ2) is 4.62. The van der Waals surface area contributed by atoms with E-state index in [9.17, 15) is 4.79 Å². The zero-order chi connectivity index (χ0) is 11.7. The number of nitrogens with zero attached hydrogens (tertiary/aromatic N) is 1. The second-order valence-corrected chi connectivity index (χ2v) is 5.45. The first-order valence-electron chi connectivity index (χ1n) is 6.23. The number of hydrogen-bond acceptors (Lipinski definition) is 3. The maximum absolute atomic E-state index is 11.9. The summed E-state index contributed by atoms with van der Waals surface area (Å²) in [5.74, 6) is 1.65. The van der Waals surface area contributed by atoms with Crippen LogP contribution in [0.4, 0.5) is 4.79 Å². The number of fused-ring (bicyclic) bond motifs is 1. The van der Waals surface area contributed by atoms with E-state index >= 15 is 0 Å². The third-order valence-corrected chi connectivity index (χ3v) is 3.71. The van der Waals surface area contributed by atoms with Crippen LogP contribution in [-0.4, -0.2) is 43.3 Å². The summed E-state index contributed by atoms with van der Waals surface area (Å²) in [6, 6.07) is 0.319. The van der Waals surface area contributed by atoms with Crippen LogP contribution >= 0.6 is 0 Å². The van der Waals surface area contributed by atoms with Gasteiger partial charge < -0.3 is 15.0 Å². The van der Waals surface area contributed by atoms with Gasteiger partial charge in [0.05, 0.1) is 6.61 Å². The standard InChI is InChI=1S/C12H22N2O2/c1-8(2)7-16-12(15)14-6-10-4-13-5-11(10)9(14)3/h8-11,13H,4-7H2,1-3H3. The maximum Gasteiger partial charge on any atom is 0.410 e. The topological polar surface area (TPSA) is 41.6 Å². The first-order valence-corrected chi connectivity index (χ1v) is 6.23. The van der Waals surface area contributed by atoms with Gasteiger partial charge in [0.15, 0.2) is 0 Å². The molecule has 1 amide bonds. The average Bonchev–Trinajstić information content (AvgIpc) is 2.78. The molecule has 92 valence electrons. The van der Waals surface area contributed by atoms with E-state index in [0.717, 1.165) is 19.6 Å². The van der Waals surface area contributed by atoms with Crippen LogP contribution in [0.15, 0.2) is 0 Å². The Hall–Kier alpha value is -0.770. The Morgan fingerprint density at radius 2 is 2.25 bits per heavy atom. The number of ether oxygens (including phenoxy) is 1. The molecule has 3 atom stereocenters. The fraction of sp³-hybridized carbons (Fsp3) is 0.917. The molecule has 0 saturated carbocycles. The molecule has 2 rings (SSSR count). The Kier molecular flexibility index (Phi) is 3.38. The van der Waals surface area contributed by atoms with Crippen molar-refractivity contribution in [3.8, 4) is 0 Å². The number of amides is 1. The van der Waals surface area contributed by atoms with E-state index in [0.29, 0.717) is 30.4 Å². The summed E-state index contributed by atoms with van der Waals surface area (Å²) in [5.41, 5.74) is 0. The zero-order valence-corrected chi connectivity index (χ0v) is 10.4. The fourth-order valence-corrected chi connectivity index (χ4v) is 2.73. The normalized spacial score (nSPS) is 33.2. The minimum Gasteiger partial charge on any atom is -0.449 e. The Morgan fingerprint density at radius 3 is 2.88 bits per heavy atom. The van der Waals surface area contributed by atoms with Crippen LogP contribution in [0.5, 0.6) is 0 Å². The van der Waals surface area contributed by atoms with Crippen LogP contribution in [0, 0.1) is 17.8 Å². The molecule has 0 aromatic heterocycles. The van der Waals surface area contributed by atoms with Crippen LogP contribution in [0.2, 0.25) is 0 Å². The van der Waals surface area contributed by atoms with Crippen LogP contribution in [0.25, 0.3) is 0 Å². The summed E-state index contributed by atoms with van der Waals surface area (Å²) in [4.78, 5) is 13.8. The predicted molar refractivity (Wildman–Crippen MR) is 62.2 cm³/mol. The predicted octanol–water partition coefficient (Wildman–Crippen LogP) is 1.32. The smallest absolute Gasteiger partial charge is 0.410 e. The number of carbonyl (C=O) groups is 1. The summed E-state index contributed by atoms with van der Waals surface area (Å²) in [5, 5.41) is 3.39. The minimum atomic E-state index is -0.129. The third kappa shape index (κ3) is 2.17. The van der Waals surface area contributed by atoms with Gasteiger partial charge in [-0.3, -0.25) is 0 Å². The third-order valence-electron chi connectivity index (χ3n) is 3.71. The lowest BCUT2D eigenvalue weighted by molar-refractivity contribution is 0.0866. The van der Waals surface area contributed by atoms with Crippen molar-refractivity contribution >= 4 is 6.09 Å². The summed E-state index contributed by atoms with van der Waals surface area (Å²) < 4.78 is 5.29. The molecule has 4 heteroatoms. The molecule has 0 radical (unpaired) electrons. The number of hydrogen-bond donors (Lipinski definition) is 1. The maximum atomic E-state index is 11.9. The molecule has 2 fully saturated rings. The van der Waals surface area contributed by atoms with E-state index in [4.69, 9.17) is 4.74 Å². The Morgan fingerprint density at radius 1 is 1.50 bits per heavy atom. The van der Waals surface area contributed by atoms with Gasteiger partial charge in [0.2, 0.25) is 0 Å². The number of rotatable bonds is 2. The van der Waals surface area contributed by atoms with E-state index in [1.165, 1.54) is 0 Å². The van der Waals surface area contributed by atoms with Gasteiger partial charge >= 0.3 is 6.09 Å². The molecule has 3 unspecified atom stereocenters. The van der Waals surface area contributed by atoms with E-state index in [1.807, 2.05) is 4.90 Å². The quantitative estimate of drug-likeness (QED) is 0.772. The van der Waals surface area contributed by atoms with Gasteiger partial charge in [-0.15, -0.1) is 0 Å². The summed E-state index contributed by atoms with van der Waals surface area (Å²) in [7, 11) is 0. The highest BCUT2D eigenvalue weighted by molar-refractivity contribution is 5.68. The molecule has 0 aromatic carbocycles. The van der Waals surface area contributed by atoms with Gasteiger partial charge in [-0.1, -0.05) is 13.8 Å². The minimum absolute atomic E-state index is 0.129. The molecule has 2 aliphatic heterocycles. The van der Waals surface area contributed by atoms with Gasteiger partial charge in [0.25, 0.3) is 0 Å². The Bertz CT molecular complexity index is 268. The SMILES string of the molecule is CC(C)COC(=O)N1CC2CNCC2C1C. The molecule has 2 saturated heterocycles. The first kappa shape index (κ1) is 11.7. The monoisotopic (exact) mass is 226 g/mol. The summed E-state index contributed by atoms with van der Waals surface area (Å²) in [6.45, 7) is 9.71. The van der Waals surface area contributed by atoms with Crippen LogP contribution < -0.4 is 5.32 Å². The van der Waals surface area contributed by atoms with Crippen molar-refractivity contribution in [2.75, 3.05) is 26.2 Å². The Labute approximate surface area is 97.3 Å². The van der Waals surface area contributed by atoms with E-state index in [2.05, 4.69) is 26.1 Å². The van der Waals surface area contributed by atoms with Crippen molar-refractivity contribution in [2.45, 2.75) is 26.8 Å². The zero-order valence-electron chi connectivity index (χ0n) is 10.4. The highest BCUT2D eigenvalue weighted by Crippen LogP contribution is 2.32. The van der Waals surface area contributed by atoms with Crippen molar-refractivity contribution in [2.24, 2.45) is 17.8 Å². The van der Waals surface area contributed by atoms with E-state index in [-0.39, 0.29) is 6.09 Å². The van der Waals surface area contributed by atoms with Crippen molar-refractivity contribution in [3.63, 3.8) is 0 Å². The number of likely N-dealkylation sites (tertiary alicyclic amines) is 1. The average molecular weight is 226 g/mol. The number of nitrogens with one attached hydrogen (secondary N) is 1. The van der Waals surface area contributed by atoms with E-state index in [1.54, 1.807) is 0 Å². The molecular weight excluding hydrogens is 204 g/mol. The molecule has 1 N–H and O–H groups in total. The second-order valence-electron chi connectivity index (χ2n) is 5.45. The van der Waals surface area contributed by atoms with Gasteiger partial charge in [-0.25, -0.2) is 4.79 Å². The van der Waals surface area contributed by atoms with Crippen molar-refractivity contribution in [1.29, 1.82) is 0 Å². The molecule has 0 bridgehead atoms. The van der Waals surface area contributed by atoms with Crippen molar-refractivity contribution in [3.05, 3.63) is 0 Å². The fourth-order valence-electron chi connectivity index (χ4n) is 2.73. The number of carbonyl (C=O) groups excluding carboxylic acids is 1. The van der Waals surface area contributed by atoms with Gasteiger partial charge in [-0.2, -0.15) is 0 Å². The highest BCUT2D eigenvalue weighted by atomic mass is 16.6. The van der Waals surface area contributed by atoms with Crippen LogP contribution in [0.1, 0.15) is 20.8 Å². The molecule has 4 nitrogen and oxygen atoms in total. The molecule has 0 aliphatic carbocycles.